The van der Waals surface area contributed by atoms with E-state index in [1.165, 1.54) is 6.07 Å². The minimum absolute atomic E-state index is 0.220. The molecule has 0 unspecified atom stereocenters. The van der Waals surface area contributed by atoms with Crippen LogP contribution in [0.4, 0.5) is 4.39 Å². The van der Waals surface area contributed by atoms with Crippen molar-refractivity contribution in [1.82, 2.24) is 4.90 Å². The van der Waals surface area contributed by atoms with Crippen LogP contribution in [0.3, 0.4) is 0 Å². The monoisotopic (exact) mass is 246 g/mol. The minimum atomic E-state index is -0.220. The van der Waals surface area contributed by atoms with Crippen molar-refractivity contribution in [2.45, 2.75) is 13.5 Å². The first-order valence-corrected chi connectivity index (χ1v) is 5.62. The maximum absolute atomic E-state index is 13.6. The summed E-state index contributed by atoms with van der Waals surface area (Å²) in [7, 11) is 1.56. The first kappa shape index (κ1) is 12.4. The Morgan fingerprint density at radius 1 is 1.39 bits per heavy atom. The van der Waals surface area contributed by atoms with Crippen LogP contribution >= 0.6 is 0 Å². The highest BCUT2D eigenvalue weighted by Gasteiger charge is 2.16. The zero-order valence-electron chi connectivity index (χ0n) is 10.5. The van der Waals surface area contributed by atoms with Gasteiger partial charge in [0.15, 0.2) is 5.76 Å². The van der Waals surface area contributed by atoms with Crippen molar-refractivity contribution in [2.75, 3.05) is 7.11 Å². The fraction of sp³-hybridized carbons (Fsp3) is 0.214. The van der Waals surface area contributed by atoms with Crippen molar-refractivity contribution >= 4 is 5.84 Å². The van der Waals surface area contributed by atoms with Gasteiger partial charge < -0.3 is 9.64 Å². The Balaban J connectivity index is 2.24. The van der Waals surface area contributed by atoms with Crippen LogP contribution in [0.2, 0.25) is 0 Å². The van der Waals surface area contributed by atoms with E-state index in [1.807, 2.05) is 17.9 Å². The van der Waals surface area contributed by atoms with Crippen molar-refractivity contribution in [3.63, 3.8) is 0 Å². The molecule has 18 heavy (non-hydrogen) atoms. The van der Waals surface area contributed by atoms with E-state index < -0.39 is 0 Å². The summed E-state index contributed by atoms with van der Waals surface area (Å²) in [5, 5.41) is 0. The van der Waals surface area contributed by atoms with Crippen LogP contribution in [-0.2, 0) is 11.3 Å². The standard InChI is InChI=1S/C14H15FN2O/c1-10-14(18-3)9-17(11(2)16-10)8-12-6-4-5-7-13(12)15/h4-7,9H,1,8H2,2-3H3. The van der Waals surface area contributed by atoms with Gasteiger partial charge in [0.25, 0.3) is 0 Å². The third kappa shape index (κ3) is 2.42. The molecular weight excluding hydrogens is 231 g/mol. The SMILES string of the molecule is C=C1N=C(C)N(Cc2ccccc2F)C=C1OC. The summed E-state index contributed by atoms with van der Waals surface area (Å²) in [4.78, 5) is 6.11. The van der Waals surface area contributed by atoms with Gasteiger partial charge >= 0.3 is 0 Å². The Bertz CT molecular complexity index is 534. The number of methoxy groups -OCH3 is 1. The maximum Gasteiger partial charge on any atom is 0.160 e. The molecule has 0 radical (unpaired) electrons. The molecule has 2 rings (SSSR count). The number of ether oxygens (including phenoxy) is 1. The molecule has 1 aliphatic heterocycles. The summed E-state index contributed by atoms with van der Waals surface area (Å²) in [6, 6.07) is 6.70. The highest BCUT2D eigenvalue weighted by molar-refractivity contribution is 5.83. The second kappa shape index (κ2) is 5.04. The van der Waals surface area contributed by atoms with Crippen LogP contribution < -0.4 is 0 Å². The van der Waals surface area contributed by atoms with E-state index >= 15 is 0 Å². The quantitative estimate of drug-likeness (QED) is 0.818. The fourth-order valence-electron chi connectivity index (χ4n) is 1.76. The topological polar surface area (TPSA) is 24.8 Å². The minimum Gasteiger partial charge on any atom is -0.493 e. The zero-order valence-corrected chi connectivity index (χ0v) is 10.5. The Labute approximate surface area is 106 Å². The summed E-state index contributed by atoms with van der Waals surface area (Å²) in [5.74, 6) is 1.14. The molecule has 4 heteroatoms. The highest BCUT2D eigenvalue weighted by Crippen LogP contribution is 2.20. The molecule has 0 aliphatic carbocycles. The van der Waals surface area contributed by atoms with Gasteiger partial charge in [0.1, 0.15) is 17.3 Å². The molecule has 1 aromatic rings. The summed E-state index contributed by atoms with van der Waals surface area (Å²) in [5.41, 5.74) is 1.20. The molecule has 0 atom stereocenters. The maximum atomic E-state index is 13.6. The molecule has 1 aliphatic rings. The van der Waals surface area contributed by atoms with Crippen LogP contribution in [0.5, 0.6) is 0 Å². The van der Waals surface area contributed by atoms with Gasteiger partial charge in [-0.15, -0.1) is 0 Å². The Morgan fingerprint density at radius 3 is 2.78 bits per heavy atom. The van der Waals surface area contributed by atoms with Gasteiger partial charge in [-0.3, -0.25) is 0 Å². The first-order valence-electron chi connectivity index (χ1n) is 5.62. The molecule has 0 N–H and O–H groups in total. The van der Waals surface area contributed by atoms with Gasteiger partial charge in [0.05, 0.1) is 13.7 Å². The second-order valence-corrected chi connectivity index (χ2v) is 4.02. The average molecular weight is 246 g/mol. The van der Waals surface area contributed by atoms with Gasteiger partial charge in [-0.1, -0.05) is 24.8 Å². The van der Waals surface area contributed by atoms with E-state index in [4.69, 9.17) is 4.74 Å². The van der Waals surface area contributed by atoms with E-state index in [0.717, 1.165) is 5.84 Å². The Morgan fingerprint density at radius 2 is 2.11 bits per heavy atom. The van der Waals surface area contributed by atoms with Gasteiger partial charge in [-0.2, -0.15) is 0 Å². The predicted octanol–water partition coefficient (Wildman–Crippen LogP) is 3.06. The van der Waals surface area contributed by atoms with E-state index in [-0.39, 0.29) is 5.82 Å². The molecule has 94 valence electrons. The van der Waals surface area contributed by atoms with Gasteiger partial charge in [-0.25, -0.2) is 9.38 Å². The van der Waals surface area contributed by atoms with Gasteiger partial charge in [-0.05, 0) is 13.0 Å². The molecule has 0 amide bonds. The molecule has 0 bridgehead atoms. The molecule has 3 nitrogen and oxygen atoms in total. The summed E-state index contributed by atoms with van der Waals surface area (Å²) in [6.07, 6.45) is 1.79. The Hall–Kier alpha value is -2.10. The molecular formula is C14H15FN2O. The number of nitrogens with zero attached hydrogens (tertiary/aromatic N) is 2. The van der Waals surface area contributed by atoms with Crippen molar-refractivity contribution in [1.29, 1.82) is 0 Å². The number of benzene rings is 1. The van der Waals surface area contributed by atoms with Crippen LogP contribution in [-0.4, -0.2) is 17.8 Å². The molecule has 1 aromatic carbocycles. The first-order chi connectivity index (χ1) is 8.61. The summed E-state index contributed by atoms with van der Waals surface area (Å²) < 4.78 is 18.8. The summed E-state index contributed by atoms with van der Waals surface area (Å²) >= 11 is 0. The Kier molecular flexibility index (Phi) is 3.46. The van der Waals surface area contributed by atoms with E-state index in [9.17, 15) is 4.39 Å². The lowest BCUT2D eigenvalue weighted by molar-refractivity contribution is 0.287. The number of hydrogen-bond acceptors (Lipinski definition) is 3. The number of aliphatic imine (C=N–C) groups is 1. The molecule has 1 heterocycles. The number of amidine groups is 1. The van der Waals surface area contributed by atoms with Crippen molar-refractivity contribution in [2.24, 2.45) is 4.99 Å². The van der Waals surface area contributed by atoms with Gasteiger partial charge in [0, 0.05) is 11.8 Å². The number of hydrogen-bond donors (Lipinski definition) is 0. The van der Waals surface area contributed by atoms with E-state index in [0.29, 0.717) is 23.6 Å². The highest BCUT2D eigenvalue weighted by atomic mass is 19.1. The summed E-state index contributed by atoms with van der Waals surface area (Å²) in [6.45, 7) is 6.07. The normalized spacial score (nSPS) is 15.3. The molecule has 0 spiro atoms. The number of halogens is 1. The van der Waals surface area contributed by atoms with E-state index in [1.54, 1.807) is 25.4 Å². The average Bonchev–Trinajstić information content (AvgIpc) is 2.35. The van der Waals surface area contributed by atoms with Crippen LogP contribution in [0.25, 0.3) is 0 Å². The van der Waals surface area contributed by atoms with Crippen molar-refractivity contribution in [3.05, 3.63) is 59.9 Å². The van der Waals surface area contributed by atoms with Gasteiger partial charge in [0.2, 0.25) is 0 Å². The molecule has 0 saturated carbocycles. The molecule has 0 fully saturated rings. The molecule has 0 aromatic heterocycles. The van der Waals surface area contributed by atoms with Crippen molar-refractivity contribution < 1.29 is 9.13 Å². The molecule has 0 saturated heterocycles. The fourth-order valence-corrected chi connectivity index (χ4v) is 1.76. The lowest BCUT2D eigenvalue weighted by Crippen LogP contribution is -2.27. The zero-order chi connectivity index (χ0) is 13.1. The largest absolute Gasteiger partial charge is 0.493 e. The lowest BCUT2D eigenvalue weighted by Gasteiger charge is -2.25. The smallest absolute Gasteiger partial charge is 0.160 e. The predicted molar refractivity (Wildman–Crippen MR) is 69.3 cm³/mol. The lowest BCUT2D eigenvalue weighted by atomic mass is 10.2. The van der Waals surface area contributed by atoms with Crippen LogP contribution in [0.1, 0.15) is 12.5 Å². The van der Waals surface area contributed by atoms with Crippen LogP contribution in [0, 0.1) is 5.82 Å². The van der Waals surface area contributed by atoms with Crippen LogP contribution in [0.15, 0.2) is 53.5 Å². The van der Waals surface area contributed by atoms with E-state index in [2.05, 4.69) is 11.6 Å². The third-order valence-electron chi connectivity index (χ3n) is 2.79. The number of rotatable bonds is 3. The van der Waals surface area contributed by atoms with Crippen molar-refractivity contribution in [3.8, 4) is 0 Å². The third-order valence-corrected chi connectivity index (χ3v) is 2.79. The second-order valence-electron chi connectivity index (χ2n) is 4.02.